The lowest BCUT2D eigenvalue weighted by molar-refractivity contribution is 0.363. The zero-order chi connectivity index (χ0) is 7.82. The van der Waals surface area contributed by atoms with Crippen LogP contribution < -0.4 is 5.73 Å². The van der Waals surface area contributed by atoms with Crippen molar-refractivity contribution in [2.75, 3.05) is 26.7 Å². The van der Waals surface area contributed by atoms with Crippen LogP contribution in [0.25, 0.3) is 0 Å². The highest BCUT2D eigenvalue weighted by Gasteiger charge is 1.93. The maximum Gasteiger partial charge on any atom is 0.0708 e. The summed E-state index contributed by atoms with van der Waals surface area (Å²) in [6.45, 7) is 6.57. The molecule has 0 aliphatic heterocycles. The predicted molar refractivity (Wildman–Crippen MR) is 47.3 cm³/mol. The fraction of sp³-hybridized carbons (Fsp3) is 0.714. The predicted octanol–water partition coefficient (Wildman–Crippen LogP) is 0.143. The summed E-state index contributed by atoms with van der Waals surface area (Å²) in [5, 5.41) is 0. The average molecular weight is 156 g/mol. The molecule has 2 nitrogen and oxygen atoms in total. The summed E-state index contributed by atoms with van der Waals surface area (Å²) in [6.07, 6.45) is 0. The normalized spacial score (nSPS) is 10.3. The molecule has 0 saturated heterocycles. The van der Waals surface area contributed by atoms with Gasteiger partial charge in [0.05, 0.1) is 9.52 Å². The molecule has 0 amide bonds. The summed E-state index contributed by atoms with van der Waals surface area (Å²) in [4.78, 5) is 2.25. The SMILES string of the molecule is C=C[Si]CCN(C)CCN. The molecular formula is C7H16N2Si. The Kier molecular flexibility index (Phi) is 6.90. The lowest BCUT2D eigenvalue weighted by atomic mass is 10.5. The van der Waals surface area contributed by atoms with Crippen molar-refractivity contribution >= 4 is 9.52 Å². The monoisotopic (exact) mass is 156 g/mol. The van der Waals surface area contributed by atoms with E-state index in [4.69, 9.17) is 5.73 Å². The second-order valence-corrected chi connectivity index (χ2v) is 3.57. The third-order valence-electron chi connectivity index (χ3n) is 1.29. The molecule has 0 unspecified atom stereocenters. The van der Waals surface area contributed by atoms with Crippen LogP contribution in [0.15, 0.2) is 12.3 Å². The molecule has 0 aromatic carbocycles. The van der Waals surface area contributed by atoms with Gasteiger partial charge in [0.25, 0.3) is 0 Å². The van der Waals surface area contributed by atoms with Gasteiger partial charge in [-0.15, -0.1) is 12.3 Å². The lowest BCUT2D eigenvalue weighted by Gasteiger charge is -2.13. The van der Waals surface area contributed by atoms with Gasteiger partial charge < -0.3 is 10.6 Å². The molecule has 0 aliphatic carbocycles. The first-order chi connectivity index (χ1) is 4.81. The first-order valence-corrected chi connectivity index (χ1v) is 4.82. The zero-order valence-electron chi connectivity index (χ0n) is 6.64. The topological polar surface area (TPSA) is 29.3 Å². The maximum atomic E-state index is 5.37. The Morgan fingerprint density at radius 3 is 2.80 bits per heavy atom. The molecule has 0 aromatic rings. The molecule has 3 heteroatoms. The summed E-state index contributed by atoms with van der Waals surface area (Å²) in [7, 11) is 2.99. The molecule has 2 N–H and O–H groups in total. The van der Waals surface area contributed by atoms with Crippen LogP contribution in [-0.2, 0) is 0 Å². The van der Waals surface area contributed by atoms with Crippen LogP contribution in [0, 0.1) is 0 Å². The number of hydrogen-bond acceptors (Lipinski definition) is 2. The van der Waals surface area contributed by atoms with E-state index < -0.39 is 0 Å². The van der Waals surface area contributed by atoms with E-state index in [-0.39, 0.29) is 0 Å². The minimum Gasteiger partial charge on any atom is -0.329 e. The van der Waals surface area contributed by atoms with Gasteiger partial charge in [0.1, 0.15) is 0 Å². The van der Waals surface area contributed by atoms with E-state index in [1.165, 1.54) is 6.04 Å². The van der Waals surface area contributed by atoms with Gasteiger partial charge in [-0.3, -0.25) is 0 Å². The minimum atomic E-state index is 0.758. The third-order valence-corrected chi connectivity index (χ3v) is 2.09. The molecule has 2 radical (unpaired) electrons. The molecule has 0 spiro atoms. The first kappa shape index (κ1) is 9.88. The van der Waals surface area contributed by atoms with Gasteiger partial charge in [0, 0.05) is 13.1 Å². The zero-order valence-corrected chi connectivity index (χ0v) is 7.64. The van der Waals surface area contributed by atoms with E-state index in [0.717, 1.165) is 29.2 Å². The fourth-order valence-electron chi connectivity index (χ4n) is 0.690. The van der Waals surface area contributed by atoms with Crippen LogP contribution in [0.5, 0.6) is 0 Å². The Morgan fingerprint density at radius 1 is 1.60 bits per heavy atom. The molecule has 0 atom stereocenters. The number of likely N-dealkylation sites (N-methyl/N-ethyl adjacent to an activating group) is 1. The van der Waals surface area contributed by atoms with Gasteiger partial charge in [0.2, 0.25) is 0 Å². The van der Waals surface area contributed by atoms with Crippen molar-refractivity contribution in [2.45, 2.75) is 6.04 Å². The van der Waals surface area contributed by atoms with Gasteiger partial charge in [-0.2, -0.15) is 0 Å². The molecule has 0 bridgehead atoms. The molecule has 0 saturated carbocycles. The van der Waals surface area contributed by atoms with E-state index in [9.17, 15) is 0 Å². The van der Waals surface area contributed by atoms with E-state index in [2.05, 4.69) is 18.5 Å². The van der Waals surface area contributed by atoms with Crippen molar-refractivity contribution in [3.05, 3.63) is 12.3 Å². The Morgan fingerprint density at radius 2 is 2.30 bits per heavy atom. The number of nitrogens with zero attached hydrogens (tertiary/aromatic N) is 1. The maximum absolute atomic E-state index is 5.37. The second-order valence-electron chi connectivity index (χ2n) is 2.25. The fourth-order valence-corrected chi connectivity index (χ4v) is 1.40. The molecule has 0 aliphatic rings. The molecule has 0 heterocycles. The molecule has 58 valence electrons. The molecule has 0 fully saturated rings. The van der Waals surface area contributed by atoms with Crippen LogP contribution in [0.1, 0.15) is 0 Å². The van der Waals surface area contributed by atoms with Gasteiger partial charge in [-0.25, -0.2) is 0 Å². The smallest absolute Gasteiger partial charge is 0.0708 e. The summed E-state index contributed by atoms with van der Waals surface area (Å²) in [5.41, 5.74) is 7.36. The molecule has 10 heavy (non-hydrogen) atoms. The van der Waals surface area contributed by atoms with Crippen molar-refractivity contribution in [2.24, 2.45) is 5.73 Å². The highest BCUT2D eigenvalue weighted by Crippen LogP contribution is 1.85. The quantitative estimate of drug-likeness (QED) is 0.438. The summed E-state index contributed by atoms with van der Waals surface area (Å²) in [6, 6.07) is 1.22. The van der Waals surface area contributed by atoms with Crippen LogP contribution in [0.2, 0.25) is 6.04 Å². The van der Waals surface area contributed by atoms with Crippen molar-refractivity contribution in [1.29, 1.82) is 0 Å². The molecule has 0 aromatic heterocycles. The Balaban J connectivity index is 3.04. The average Bonchev–Trinajstić information content (AvgIpc) is 1.89. The standard InChI is InChI=1S/C7H16N2Si/c1-3-10-7-6-9(2)5-4-8/h3H,1,4-8H2,2H3. The Hall–Kier alpha value is -0.123. The van der Waals surface area contributed by atoms with E-state index in [1.807, 2.05) is 5.70 Å². The van der Waals surface area contributed by atoms with Gasteiger partial charge in [0.15, 0.2) is 0 Å². The number of hydrogen-bond donors (Lipinski definition) is 1. The summed E-state index contributed by atoms with van der Waals surface area (Å²) < 4.78 is 0. The van der Waals surface area contributed by atoms with Crippen LogP contribution in [0.4, 0.5) is 0 Å². The van der Waals surface area contributed by atoms with E-state index >= 15 is 0 Å². The minimum absolute atomic E-state index is 0.758. The highest BCUT2D eigenvalue weighted by molar-refractivity contribution is 6.41. The van der Waals surface area contributed by atoms with Gasteiger partial charge >= 0.3 is 0 Å². The third kappa shape index (κ3) is 6.00. The summed E-state index contributed by atoms with van der Waals surface area (Å²) >= 11 is 0. The first-order valence-electron chi connectivity index (χ1n) is 3.54. The van der Waals surface area contributed by atoms with E-state index in [1.54, 1.807) is 0 Å². The summed E-state index contributed by atoms with van der Waals surface area (Å²) in [5.74, 6) is 0. The highest BCUT2D eigenvalue weighted by atomic mass is 28.2. The Bertz CT molecular complexity index is 85.7. The van der Waals surface area contributed by atoms with Gasteiger partial charge in [-0.1, -0.05) is 0 Å². The van der Waals surface area contributed by atoms with Crippen LogP contribution in [0.3, 0.4) is 0 Å². The van der Waals surface area contributed by atoms with Crippen LogP contribution >= 0.6 is 0 Å². The van der Waals surface area contributed by atoms with Crippen molar-refractivity contribution in [1.82, 2.24) is 4.90 Å². The molecular weight excluding hydrogens is 140 g/mol. The lowest BCUT2D eigenvalue weighted by Crippen LogP contribution is -2.26. The van der Waals surface area contributed by atoms with Crippen molar-refractivity contribution in [3.8, 4) is 0 Å². The number of rotatable bonds is 6. The molecule has 0 rings (SSSR count). The largest absolute Gasteiger partial charge is 0.329 e. The van der Waals surface area contributed by atoms with E-state index in [0.29, 0.717) is 0 Å². The van der Waals surface area contributed by atoms with Crippen molar-refractivity contribution in [3.63, 3.8) is 0 Å². The number of nitrogens with two attached hydrogens (primary N) is 1. The van der Waals surface area contributed by atoms with Crippen LogP contribution in [-0.4, -0.2) is 41.1 Å². The van der Waals surface area contributed by atoms with Crippen molar-refractivity contribution < 1.29 is 0 Å². The van der Waals surface area contributed by atoms with Gasteiger partial charge in [-0.05, 0) is 19.6 Å². The Labute approximate surface area is 65.9 Å². The second kappa shape index (κ2) is 6.99.